The van der Waals surface area contributed by atoms with Crippen molar-refractivity contribution in [3.8, 4) is 5.75 Å². The van der Waals surface area contributed by atoms with Crippen LogP contribution in [0.4, 0.5) is 13.2 Å². The molecule has 0 aliphatic carbocycles. The molecule has 5 nitrogen and oxygen atoms in total. The largest absolute Gasteiger partial charge is 0.484 e. The third-order valence-corrected chi connectivity index (χ3v) is 3.59. The number of ether oxygens (including phenoxy) is 2. The van der Waals surface area contributed by atoms with Gasteiger partial charge in [0.2, 0.25) is 5.91 Å². The summed E-state index contributed by atoms with van der Waals surface area (Å²) in [5.41, 5.74) is 5.73. The molecule has 1 amide bonds. The topological polar surface area (TPSA) is 73.6 Å². The van der Waals surface area contributed by atoms with Gasteiger partial charge in [0.1, 0.15) is 5.75 Å². The van der Waals surface area contributed by atoms with E-state index in [1.165, 1.54) is 12.1 Å². The van der Waals surface area contributed by atoms with Crippen molar-refractivity contribution >= 4 is 5.91 Å². The van der Waals surface area contributed by atoms with Crippen LogP contribution in [0, 0.1) is 0 Å². The van der Waals surface area contributed by atoms with Gasteiger partial charge in [0.05, 0.1) is 5.54 Å². The van der Waals surface area contributed by atoms with Gasteiger partial charge in [-0.05, 0) is 30.5 Å². The van der Waals surface area contributed by atoms with Crippen LogP contribution in [0.15, 0.2) is 24.3 Å². The highest BCUT2D eigenvalue weighted by molar-refractivity contribution is 5.86. The first-order valence-corrected chi connectivity index (χ1v) is 7.22. The van der Waals surface area contributed by atoms with E-state index in [0.29, 0.717) is 31.6 Å². The number of alkyl halides is 3. The van der Waals surface area contributed by atoms with Gasteiger partial charge in [0.25, 0.3) is 0 Å². The van der Waals surface area contributed by atoms with Crippen molar-refractivity contribution in [3.05, 3.63) is 29.8 Å². The van der Waals surface area contributed by atoms with E-state index in [-0.39, 0.29) is 18.2 Å². The van der Waals surface area contributed by atoms with Crippen LogP contribution in [0.3, 0.4) is 0 Å². The molecule has 1 heterocycles. The molecule has 0 radical (unpaired) electrons. The molecule has 2 rings (SSSR count). The molecule has 0 bridgehead atoms. The van der Waals surface area contributed by atoms with E-state index in [1.807, 2.05) is 0 Å². The van der Waals surface area contributed by atoms with Gasteiger partial charge in [-0.15, -0.1) is 0 Å². The summed E-state index contributed by atoms with van der Waals surface area (Å²) >= 11 is 0. The Hall–Kier alpha value is -1.80. The number of hydrogen-bond donors (Lipinski definition) is 2. The second-order valence-electron chi connectivity index (χ2n) is 5.50. The minimum absolute atomic E-state index is 0.0996. The molecule has 1 aromatic carbocycles. The SMILES string of the molecule is NC1(C(=O)NCc2cccc(OCC(F)(F)F)c2)CCOCC1. The van der Waals surface area contributed by atoms with Gasteiger partial charge in [-0.1, -0.05) is 12.1 Å². The Balaban J connectivity index is 1.89. The molecule has 0 aromatic heterocycles. The summed E-state index contributed by atoms with van der Waals surface area (Å²) in [6.07, 6.45) is -3.51. The summed E-state index contributed by atoms with van der Waals surface area (Å²) in [5.74, 6) is -0.190. The number of carbonyl (C=O) groups is 1. The van der Waals surface area contributed by atoms with Gasteiger partial charge < -0.3 is 20.5 Å². The van der Waals surface area contributed by atoms with Gasteiger partial charge in [-0.2, -0.15) is 13.2 Å². The molecular weight excluding hydrogens is 313 g/mol. The van der Waals surface area contributed by atoms with Crippen molar-refractivity contribution in [2.24, 2.45) is 5.73 Å². The number of rotatable bonds is 5. The lowest BCUT2D eigenvalue weighted by Crippen LogP contribution is -2.56. The third kappa shape index (κ3) is 5.40. The number of nitrogens with one attached hydrogen (secondary N) is 1. The monoisotopic (exact) mass is 332 g/mol. The van der Waals surface area contributed by atoms with Crippen LogP contribution in [0.25, 0.3) is 0 Å². The minimum atomic E-state index is -4.39. The van der Waals surface area contributed by atoms with Crippen LogP contribution in [0.2, 0.25) is 0 Å². The standard InChI is InChI=1S/C15H19F3N2O3/c16-15(17,18)10-23-12-3-1-2-11(8-12)9-20-13(21)14(19)4-6-22-7-5-14/h1-3,8H,4-7,9-10,19H2,(H,20,21). The smallest absolute Gasteiger partial charge is 0.422 e. The maximum Gasteiger partial charge on any atom is 0.422 e. The average Bonchev–Trinajstić information content (AvgIpc) is 2.51. The predicted octanol–water partition coefficient (Wildman–Crippen LogP) is 1.75. The van der Waals surface area contributed by atoms with Crippen molar-refractivity contribution < 1.29 is 27.4 Å². The predicted molar refractivity (Wildman–Crippen MR) is 76.8 cm³/mol. The van der Waals surface area contributed by atoms with E-state index in [1.54, 1.807) is 12.1 Å². The van der Waals surface area contributed by atoms with E-state index < -0.39 is 18.3 Å². The minimum Gasteiger partial charge on any atom is -0.484 e. The molecule has 0 spiro atoms. The zero-order valence-electron chi connectivity index (χ0n) is 12.5. The molecular formula is C15H19F3N2O3. The Morgan fingerprint density at radius 3 is 2.70 bits per heavy atom. The molecule has 128 valence electrons. The maximum absolute atomic E-state index is 12.2. The summed E-state index contributed by atoms with van der Waals surface area (Å²) in [7, 11) is 0. The summed E-state index contributed by atoms with van der Waals surface area (Å²) in [6.45, 7) is -0.314. The number of halogens is 3. The van der Waals surface area contributed by atoms with Gasteiger partial charge in [0.15, 0.2) is 6.61 Å². The summed E-state index contributed by atoms with van der Waals surface area (Å²) < 4.78 is 46.3. The number of benzene rings is 1. The molecule has 0 atom stereocenters. The third-order valence-electron chi connectivity index (χ3n) is 3.59. The molecule has 0 unspecified atom stereocenters. The fraction of sp³-hybridized carbons (Fsp3) is 0.533. The highest BCUT2D eigenvalue weighted by Crippen LogP contribution is 2.20. The number of nitrogens with two attached hydrogens (primary N) is 1. The molecule has 23 heavy (non-hydrogen) atoms. The first kappa shape index (κ1) is 17.6. The maximum atomic E-state index is 12.2. The van der Waals surface area contributed by atoms with E-state index >= 15 is 0 Å². The molecule has 1 saturated heterocycles. The van der Waals surface area contributed by atoms with E-state index in [9.17, 15) is 18.0 Å². The highest BCUT2D eigenvalue weighted by atomic mass is 19.4. The Kier molecular flexibility index (Phi) is 5.48. The van der Waals surface area contributed by atoms with E-state index in [0.717, 1.165) is 0 Å². The van der Waals surface area contributed by atoms with Crippen molar-refractivity contribution in [3.63, 3.8) is 0 Å². The fourth-order valence-electron chi connectivity index (χ4n) is 2.23. The lowest BCUT2D eigenvalue weighted by molar-refractivity contribution is -0.153. The Labute approximate surface area is 131 Å². The summed E-state index contributed by atoms with van der Waals surface area (Å²) in [4.78, 5) is 12.2. The van der Waals surface area contributed by atoms with Crippen LogP contribution >= 0.6 is 0 Å². The molecule has 1 aliphatic rings. The van der Waals surface area contributed by atoms with Crippen molar-refractivity contribution in [2.45, 2.75) is 31.1 Å². The number of carbonyl (C=O) groups excluding carboxylic acids is 1. The molecule has 3 N–H and O–H groups in total. The second-order valence-corrected chi connectivity index (χ2v) is 5.50. The quantitative estimate of drug-likeness (QED) is 0.862. The normalized spacial score (nSPS) is 17.6. The molecule has 8 heteroatoms. The highest BCUT2D eigenvalue weighted by Gasteiger charge is 2.35. The van der Waals surface area contributed by atoms with Crippen LogP contribution < -0.4 is 15.8 Å². The van der Waals surface area contributed by atoms with Gasteiger partial charge in [0, 0.05) is 19.8 Å². The lowest BCUT2D eigenvalue weighted by atomic mass is 9.90. The second kappa shape index (κ2) is 7.18. The molecule has 1 aliphatic heterocycles. The van der Waals surface area contributed by atoms with Crippen LogP contribution in [0.5, 0.6) is 5.75 Å². The van der Waals surface area contributed by atoms with Crippen LogP contribution in [-0.2, 0) is 16.1 Å². The Bertz CT molecular complexity index is 543. The molecule has 1 fully saturated rings. The van der Waals surface area contributed by atoms with Crippen LogP contribution in [0.1, 0.15) is 18.4 Å². The molecule has 1 aromatic rings. The first-order valence-electron chi connectivity index (χ1n) is 7.22. The zero-order chi connectivity index (χ0) is 16.9. The van der Waals surface area contributed by atoms with E-state index in [4.69, 9.17) is 10.5 Å². The van der Waals surface area contributed by atoms with Crippen molar-refractivity contribution in [1.82, 2.24) is 5.32 Å². The van der Waals surface area contributed by atoms with Gasteiger partial charge in [-0.3, -0.25) is 4.79 Å². The Morgan fingerprint density at radius 1 is 1.35 bits per heavy atom. The molecule has 0 saturated carbocycles. The Morgan fingerprint density at radius 2 is 2.04 bits per heavy atom. The lowest BCUT2D eigenvalue weighted by Gasteiger charge is -2.31. The van der Waals surface area contributed by atoms with Crippen molar-refractivity contribution in [2.75, 3.05) is 19.8 Å². The van der Waals surface area contributed by atoms with Crippen LogP contribution in [-0.4, -0.2) is 37.4 Å². The number of amides is 1. The number of hydrogen-bond acceptors (Lipinski definition) is 4. The zero-order valence-corrected chi connectivity index (χ0v) is 12.5. The van der Waals surface area contributed by atoms with E-state index in [2.05, 4.69) is 10.1 Å². The average molecular weight is 332 g/mol. The summed E-state index contributed by atoms with van der Waals surface area (Å²) in [5, 5.41) is 2.71. The fourth-order valence-corrected chi connectivity index (χ4v) is 2.23. The first-order chi connectivity index (χ1) is 10.8. The summed E-state index contributed by atoms with van der Waals surface area (Å²) in [6, 6.07) is 6.15. The van der Waals surface area contributed by atoms with Gasteiger partial charge in [-0.25, -0.2) is 0 Å². The van der Waals surface area contributed by atoms with Crippen molar-refractivity contribution in [1.29, 1.82) is 0 Å². The van der Waals surface area contributed by atoms with Gasteiger partial charge >= 0.3 is 6.18 Å².